The molecule has 0 saturated carbocycles. The highest BCUT2D eigenvalue weighted by molar-refractivity contribution is 7.19. The standard InChI is InChI=1S/C23H27N5O2S/c1-3-16-10-9-15(12-24-16)20-18-7-4-8-19-22(31-23(26-19)25-14(2)29)21(18)28(27-20)17-6-5-11-30-13-17/h9-10,12,17H,3-8,11,13H2,1-2H3,(H,25,26,29). The topological polar surface area (TPSA) is 81.9 Å². The van der Waals surface area contributed by atoms with E-state index in [1.54, 1.807) is 11.3 Å². The van der Waals surface area contributed by atoms with Crippen molar-refractivity contribution in [1.29, 1.82) is 0 Å². The van der Waals surface area contributed by atoms with E-state index in [0.29, 0.717) is 11.7 Å². The van der Waals surface area contributed by atoms with Crippen molar-refractivity contribution in [3.63, 3.8) is 0 Å². The lowest BCUT2D eigenvalue weighted by Crippen LogP contribution is -2.23. The fourth-order valence-electron chi connectivity index (χ4n) is 4.48. The highest BCUT2D eigenvalue weighted by Gasteiger charge is 2.31. The van der Waals surface area contributed by atoms with Gasteiger partial charge in [0.2, 0.25) is 5.91 Å². The zero-order valence-corrected chi connectivity index (χ0v) is 18.8. The molecule has 1 unspecified atom stereocenters. The zero-order chi connectivity index (χ0) is 21.4. The second-order valence-electron chi connectivity index (χ2n) is 8.21. The van der Waals surface area contributed by atoms with E-state index < -0.39 is 0 Å². The third-order valence-electron chi connectivity index (χ3n) is 5.99. The maximum Gasteiger partial charge on any atom is 0.223 e. The number of carbonyl (C=O) groups is 1. The quantitative estimate of drug-likeness (QED) is 0.653. The Balaban J connectivity index is 1.67. The molecule has 1 amide bonds. The molecule has 8 heteroatoms. The molecule has 3 aromatic heterocycles. The summed E-state index contributed by atoms with van der Waals surface area (Å²) in [6, 6.07) is 4.43. The number of thiazole rings is 1. The maximum absolute atomic E-state index is 11.6. The van der Waals surface area contributed by atoms with Crippen LogP contribution in [0, 0.1) is 0 Å². The van der Waals surface area contributed by atoms with Crippen LogP contribution in [0.3, 0.4) is 0 Å². The number of carbonyl (C=O) groups excluding carboxylic acids is 1. The van der Waals surface area contributed by atoms with Crippen LogP contribution >= 0.6 is 11.3 Å². The first kappa shape index (κ1) is 20.3. The van der Waals surface area contributed by atoms with Gasteiger partial charge in [0.25, 0.3) is 0 Å². The van der Waals surface area contributed by atoms with Crippen molar-refractivity contribution in [2.75, 3.05) is 18.5 Å². The molecule has 0 spiro atoms. The molecule has 4 heterocycles. The lowest BCUT2D eigenvalue weighted by Gasteiger charge is -2.24. The number of nitrogens with zero attached hydrogens (tertiary/aromatic N) is 4. The highest BCUT2D eigenvalue weighted by Crippen LogP contribution is 2.44. The summed E-state index contributed by atoms with van der Waals surface area (Å²) >= 11 is 1.55. The molecular weight excluding hydrogens is 410 g/mol. The Bertz CT molecular complexity index is 1100. The lowest BCUT2D eigenvalue weighted by atomic mass is 10.0. The third-order valence-corrected chi connectivity index (χ3v) is 7.01. The Hall–Kier alpha value is -2.58. The van der Waals surface area contributed by atoms with Crippen molar-refractivity contribution >= 4 is 22.4 Å². The molecular formula is C23H27N5O2S. The number of ether oxygens (including phenoxy) is 1. The SMILES string of the molecule is CCc1ccc(-c2nn(C3CCCOC3)c3c2CCCc2nc(NC(C)=O)sc2-3)cn1. The number of amides is 1. The molecule has 1 aliphatic heterocycles. The molecule has 2 aliphatic rings. The molecule has 0 radical (unpaired) electrons. The summed E-state index contributed by atoms with van der Waals surface area (Å²) in [7, 11) is 0. The van der Waals surface area contributed by atoms with Gasteiger partial charge in [0.1, 0.15) is 0 Å². The first-order chi connectivity index (χ1) is 15.1. The van der Waals surface area contributed by atoms with Crippen molar-refractivity contribution in [2.45, 2.75) is 58.4 Å². The second kappa shape index (κ2) is 8.51. The number of anilines is 1. The summed E-state index contributed by atoms with van der Waals surface area (Å²) in [5, 5.41) is 8.67. The van der Waals surface area contributed by atoms with Gasteiger partial charge in [-0.25, -0.2) is 4.98 Å². The van der Waals surface area contributed by atoms with Gasteiger partial charge in [-0.1, -0.05) is 18.3 Å². The molecule has 5 rings (SSSR count). The molecule has 1 N–H and O–H groups in total. The van der Waals surface area contributed by atoms with Crippen molar-refractivity contribution in [3.05, 3.63) is 35.3 Å². The molecule has 0 bridgehead atoms. The van der Waals surface area contributed by atoms with E-state index >= 15 is 0 Å². The minimum absolute atomic E-state index is 0.0962. The average molecular weight is 438 g/mol. The Kier molecular flexibility index (Phi) is 5.58. The van der Waals surface area contributed by atoms with Crippen molar-refractivity contribution in [2.24, 2.45) is 0 Å². The third kappa shape index (κ3) is 3.90. The molecule has 1 fully saturated rings. The van der Waals surface area contributed by atoms with Gasteiger partial charge in [-0.15, -0.1) is 0 Å². The van der Waals surface area contributed by atoms with Gasteiger partial charge >= 0.3 is 0 Å². The number of nitrogens with one attached hydrogen (secondary N) is 1. The molecule has 1 atom stereocenters. The Labute approximate surface area is 185 Å². The number of pyridine rings is 1. The number of aromatic nitrogens is 4. The van der Waals surface area contributed by atoms with E-state index in [0.717, 1.165) is 78.3 Å². The maximum atomic E-state index is 11.6. The van der Waals surface area contributed by atoms with E-state index in [2.05, 4.69) is 34.0 Å². The normalized spacial score (nSPS) is 18.2. The van der Waals surface area contributed by atoms with Gasteiger partial charge in [0.05, 0.1) is 34.6 Å². The fourth-order valence-corrected chi connectivity index (χ4v) is 5.60. The smallest absolute Gasteiger partial charge is 0.223 e. The fraction of sp³-hybridized carbons (Fsp3) is 0.478. The summed E-state index contributed by atoms with van der Waals surface area (Å²) in [5.74, 6) is -0.0962. The summed E-state index contributed by atoms with van der Waals surface area (Å²) < 4.78 is 7.99. The van der Waals surface area contributed by atoms with Gasteiger partial charge in [-0.05, 0) is 50.7 Å². The predicted octanol–water partition coefficient (Wildman–Crippen LogP) is 4.43. The van der Waals surface area contributed by atoms with Gasteiger partial charge in [-0.3, -0.25) is 14.5 Å². The van der Waals surface area contributed by atoms with Gasteiger partial charge in [0.15, 0.2) is 5.13 Å². The molecule has 3 aromatic rings. The number of rotatable bonds is 4. The van der Waals surface area contributed by atoms with Crippen LogP contribution in [0.15, 0.2) is 18.3 Å². The van der Waals surface area contributed by atoms with E-state index in [9.17, 15) is 4.79 Å². The van der Waals surface area contributed by atoms with Crippen molar-refractivity contribution in [3.8, 4) is 21.8 Å². The van der Waals surface area contributed by atoms with Gasteiger partial charge < -0.3 is 10.1 Å². The Morgan fingerprint density at radius 3 is 2.94 bits per heavy atom. The Morgan fingerprint density at radius 2 is 2.23 bits per heavy atom. The van der Waals surface area contributed by atoms with Crippen LogP contribution in [0.5, 0.6) is 0 Å². The summed E-state index contributed by atoms with van der Waals surface area (Å²) in [6.45, 7) is 5.12. The van der Waals surface area contributed by atoms with E-state index in [1.807, 2.05) is 6.20 Å². The van der Waals surface area contributed by atoms with Gasteiger partial charge in [-0.2, -0.15) is 5.10 Å². The van der Waals surface area contributed by atoms with Crippen LogP contribution < -0.4 is 5.32 Å². The molecule has 1 aliphatic carbocycles. The first-order valence-corrected chi connectivity index (χ1v) is 11.9. The first-order valence-electron chi connectivity index (χ1n) is 11.1. The number of hydrogen-bond donors (Lipinski definition) is 1. The number of hydrogen-bond acceptors (Lipinski definition) is 6. The van der Waals surface area contributed by atoms with Crippen molar-refractivity contribution in [1.82, 2.24) is 19.7 Å². The molecule has 1 saturated heterocycles. The number of aryl methyl sites for hydroxylation is 2. The molecule has 31 heavy (non-hydrogen) atoms. The molecule has 7 nitrogen and oxygen atoms in total. The van der Waals surface area contributed by atoms with Crippen LogP contribution in [0.1, 0.15) is 56.1 Å². The van der Waals surface area contributed by atoms with Crippen LogP contribution in [0.2, 0.25) is 0 Å². The van der Waals surface area contributed by atoms with E-state index in [1.165, 1.54) is 12.5 Å². The molecule has 0 aromatic carbocycles. The second-order valence-corrected chi connectivity index (χ2v) is 9.21. The highest BCUT2D eigenvalue weighted by atomic mass is 32.1. The van der Waals surface area contributed by atoms with Crippen LogP contribution in [0.4, 0.5) is 5.13 Å². The van der Waals surface area contributed by atoms with Crippen LogP contribution in [0.25, 0.3) is 21.8 Å². The largest absolute Gasteiger partial charge is 0.379 e. The zero-order valence-electron chi connectivity index (χ0n) is 18.0. The van der Waals surface area contributed by atoms with E-state index in [-0.39, 0.29) is 11.9 Å². The Morgan fingerprint density at radius 1 is 1.32 bits per heavy atom. The minimum Gasteiger partial charge on any atom is -0.379 e. The summed E-state index contributed by atoms with van der Waals surface area (Å²) in [6.07, 6.45) is 7.80. The van der Waals surface area contributed by atoms with Gasteiger partial charge in [0, 0.05) is 36.5 Å². The lowest BCUT2D eigenvalue weighted by molar-refractivity contribution is -0.114. The average Bonchev–Trinajstić information content (AvgIpc) is 3.30. The van der Waals surface area contributed by atoms with E-state index in [4.69, 9.17) is 14.8 Å². The van der Waals surface area contributed by atoms with Crippen molar-refractivity contribution < 1.29 is 9.53 Å². The predicted molar refractivity (Wildman–Crippen MR) is 121 cm³/mol. The summed E-state index contributed by atoms with van der Waals surface area (Å²) in [5.41, 5.74) is 6.60. The monoisotopic (exact) mass is 437 g/mol. The van der Waals surface area contributed by atoms with Crippen LogP contribution in [-0.2, 0) is 28.8 Å². The summed E-state index contributed by atoms with van der Waals surface area (Å²) in [4.78, 5) is 22.1. The number of fused-ring (bicyclic) bond motifs is 3. The molecule has 162 valence electrons. The van der Waals surface area contributed by atoms with Crippen LogP contribution in [-0.4, -0.2) is 38.9 Å². The minimum atomic E-state index is -0.0962.